The van der Waals surface area contributed by atoms with Gasteiger partial charge in [-0.3, -0.25) is 0 Å². The van der Waals surface area contributed by atoms with Gasteiger partial charge in [0, 0.05) is 11.5 Å². The molecular weight excluding hydrogens is 288 g/mol. The Morgan fingerprint density at radius 1 is 0.917 bits per heavy atom. The lowest BCUT2D eigenvalue weighted by molar-refractivity contribution is 0.300. The Balaban J connectivity index is 1.76. The van der Waals surface area contributed by atoms with Crippen LogP contribution in [-0.4, -0.2) is 0 Å². The molecule has 0 heteroatoms. The van der Waals surface area contributed by atoms with Crippen LogP contribution in [0.1, 0.15) is 69.9 Å². The number of hydrogen-bond acceptors (Lipinski definition) is 0. The number of allylic oxidation sites excluding steroid dienone is 2. The lowest BCUT2D eigenvalue weighted by Crippen LogP contribution is -2.12. The molecule has 0 aliphatic heterocycles. The molecule has 1 aliphatic carbocycles. The summed E-state index contributed by atoms with van der Waals surface area (Å²) in [5.74, 6) is 14.4. The highest BCUT2D eigenvalue weighted by atomic mass is 14.2. The van der Waals surface area contributed by atoms with E-state index in [2.05, 4.69) is 61.8 Å². The molecule has 0 saturated heterocycles. The van der Waals surface area contributed by atoms with E-state index in [-0.39, 0.29) is 0 Å². The average molecular weight is 319 g/mol. The van der Waals surface area contributed by atoms with Gasteiger partial charge in [0.1, 0.15) is 0 Å². The zero-order valence-corrected chi connectivity index (χ0v) is 15.3. The van der Waals surface area contributed by atoms with Crippen LogP contribution < -0.4 is 0 Å². The van der Waals surface area contributed by atoms with Crippen molar-refractivity contribution in [3.63, 3.8) is 0 Å². The van der Waals surface area contributed by atoms with Crippen LogP contribution in [0.3, 0.4) is 0 Å². The second-order valence-electron chi connectivity index (χ2n) is 6.84. The summed E-state index contributed by atoms with van der Waals surface area (Å²) in [5.41, 5.74) is 2.46. The molecule has 0 heterocycles. The first-order valence-corrected chi connectivity index (χ1v) is 9.58. The Morgan fingerprint density at radius 2 is 1.62 bits per heavy atom. The molecule has 24 heavy (non-hydrogen) atoms. The third-order valence-electron chi connectivity index (χ3n) is 4.79. The minimum Gasteiger partial charge on any atom is -0.0951 e. The van der Waals surface area contributed by atoms with Crippen molar-refractivity contribution < 1.29 is 0 Å². The first kappa shape index (κ1) is 18.4. The minimum atomic E-state index is 0.599. The van der Waals surface area contributed by atoms with E-state index in [1.165, 1.54) is 50.5 Å². The summed E-state index contributed by atoms with van der Waals surface area (Å²) < 4.78 is 0. The molecule has 0 bridgehead atoms. The van der Waals surface area contributed by atoms with E-state index in [0.717, 1.165) is 17.9 Å². The van der Waals surface area contributed by atoms with Crippen LogP contribution in [0, 0.1) is 35.5 Å². The Labute approximate surface area is 148 Å². The Morgan fingerprint density at radius 3 is 2.29 bits per heavy atom. The van der Waals surface area contributed by atoms with Crippen molar-refractivity contribution in [2.75, 3.05) is 0 Å². The van der Waals surface area contributed by atoms with Gasteiger partial charge in [-0.25, -0.2) is 0 Å². The van der Waals surface area contributed by atoms with E-state index in [9.17, 15) is 0 Å². The summed E-state index contributed by atoms with van der Waals surface area (Å²) in [6, 6.07) is 8.55. The SMILES string of the molecule is CCCc1ccc(C#CC=CC#CC2CCC(CCC)CC2)cc1. The molecule has 2 rings (SSSR count). The summed E-state index contributed by atoms with van der Waals surface area (Å²) >= 11 is 0. The maximum atomic E-state index is 3.40. The van der Waals surface area contributed by atoms with Crippen LogP contribution >= 0.6 is 0 Å². The second-order valence-corrected chi connectivity index (χ2v) is 6.84. The largest absolute Gasteiger partial charge is 0.0951 e. The summed E-state index contributed by atoms with van der Waals surface area (Å²) in [7, 11) is 0. The molecule has 0 unspecified atom stereocenters. The van der Waals surface area contributed by atoms with Gasteiger partial charge in [0.15, 0.2) is 0 Å². The van der Waals surface area contributed by atoms with Crippen molar-refractivity contribution in [3.8, 4) is 23.7 Å². The smallest absolute Gasteiger partial charge is 0.0249 e. The number of hydrogen-bond donors (Lipinski definition) is 0. The van der Waals surface area contributed by atoms with Crippen molar-refractivity contribution in [3.05, 3.63) is 47.5 Å². The maximum Gasteiger partial charge on any atom is 0.0249 e. The molecule has 0 nitrogen and oxygen atoms in total. The van der Waals surface area contributed by atoms with Gasteiger partial charge in [-0.05, 0) is 67.9 Å². The van der Waals surface area contributed by atoms with E-state index in [1.54, 1.807) is 0 Å². The van der Waals surface area contributed by atoms with Crippen molar-refractivity contribution in [2.24, 2.45) is 11.8 Å². The molecule has 0 radical (unpaired) electrons. The monoisotopic (exact) mass is 318 g/mol. The van der Waals surface area contributed by atoms with Gasteiger partial charge in [0.05, 0.1) is 0 Å². The van der Waals surface area contributed by atoms with Gasteiger partial charge in [-0.1, -0.05) is 68.9 Å². The van der Waals surface area contributed by atoms with Crippen molar-refractivity contribution >= 4 is 0 Å². The van der Waals surface area contributed by atoms with Gasteiger partial charge in [0.25, 0.3) is 0 Å². The van der Waals surface area contributed by atoms with Crippen LogP contribution in [0.4, 0.5) is 0 Å². The van der Waals surface area contributed by atoms with Gasteiger partial charge in [0.2, 0.25) is 0 Å². The fourth-order valence-corrected chi connectivity index (χ4v) is 3.42. The molecule has 1 saturated carbocycles. The lowest BCUT2D eigenvalue weighted by Gasteiger charge is -2.25. The first-order chi connectivity index (χ1) is 11.8. The van der Waals surface area contributed by atoms with Crippen molar-refractivity contribution in [2.45, 2.75) is 65.2 Å². The van der Waals surface area contributed by atoms with Gasteiger partial charge in [-0.2, -0.15) is 0 Å². The zero-order valence-electron chi connectivity index (χ0n) is 15.3. The van der Waals surface area contributed by atoms with E-state index in [0.29, 0.717) is 5.92 Å². The van der Waals surface area contributed by atoms with Crippen LogP contribution in [0.5, 0.6) is 0 Å². The second kappa shape index (κ2) is 10.8. The molecule has 126 valence electrons. The summed E-state index contributed by atoms with van der Waals surface area (Å²) in [4.78, 5) is 0. The lowest BCUT2D eigenvalue weighted by atomic mass is 9.80. The third kappa shape index (κ3) is 6.68. The fourth-order valence-electron chi connectivity index (χ4n) is 3.42. The van der Waals surface area contributed by atoms with Gasteiger partial charge >= 0.3 is 0 Å². The Hall–Kier alpha value is -1.92. The Bertz CT molecular complexity index is 617. The van der Waals surface area contributed by atoms with Gasteiger partial charge < -0.3 is 0 Å². The summed E-state index contributed by atoms with van der Waals surface area (Å²) in [6.45, 7) is 4.49. The molecule has 0 N–H and O–H groups in total. The average Bonchev–Trinajstić information content (AvgIpc) is 2.61. The molecular formula is C24H30. The molecule has 1 fully saturated rings. The standard InChI is InChI=1S/C24H30/c1-3-9-21-13-17-23(18-14-21)11-7-5-6-8-12-24-19-15-22(10-4-2)16-20-24/h5-6,13-14,17-18,22,24H,3-4,9-10,15-16,19-20H2,1-2H3. The minimum absolute atomic E-state index is 0.599. The highest BCUT2D eigenvalue weighted by Gasteiger charge is 2.18. The zero-order chi connectivity index (χ0) is 17.0. The molecule has 0 aromatic heterocycles. The van der Waals surface area contributed by atoms with Crippen LogP contribution in [0.25, 0.3) is 0 Å². The van der Waals surface area contributed by atoms with E-state index in [4.69, 9.17) is 0 Å². The van der Waals surface area contributed by atoms with Crippen molar-refractivity contribution in [1.82, 2.24) is 0 Å². The van der Waals surface area contributed by atoms with Crippen LogP contribution in [0.2, 0.25) is 0 Å². The summed E-state index contributed by atoms with van der Waals surface area (Å²) in [5, 5.41) is 0. The first-order valence-electron chi connectivity index (χ1n) is 9.58. The predicted molar refractivity (Wildman–Crippen MR) is 105 cm³/mol. The maximum absolute atomic E-state index is 3.40. The van der Waals surface area contributed by atoms with E-state index >= 15 is 0 Å². The van der Waals surface area contributed by atoms with Crippen LogP contribution in [0.15, 0.2) is 36.4 Å². The molecule has 1 aromatic carbocycles. The molecule has 1 aromatic rings. The van der Waals surface area contributed by atoms with E-state index < -0.39 is 0 Å². The van der Waals surface area contributed by atoms with Gasteiger partial charge in [-0.15, -0.1) is 0 Å². The highest BCUT2D eigenvalue weighted by Crippen LogP contribution is 2.30. The number of rotatable bonds is 4. The highest BCUT2D eigenvalue weighted by molar-refractivity contribution is 5.39. The number of benzene rings is 1. The quantitative estimate of drug-likeness (QED) is 0.583. The van der Waals surface area contributed by atoms with Crippen LogP contribution in [-0.2, 0) is 6.42 Å². The fraction of sp³-hybridized carbons (Fsp3) is 0.500. The summed E-state index contributed by atoms with van der Waals surface area (Å²) in [6.07, 6.45) is 14.1. The molecule has 0 amide bonds. The van der Waals surface area contributed by atoms with Crippen molar-refractivity contribution in [1.29, 1.82) is 0 Å². The number of aryl methyl sites for hydroxylation is 1. The predicted octanol–water partition coefficient (Wildman–Crippen LogP) is 6.16. The molecule has 0 spiro atoms. The third-order valence-corrected chi connectivity index (χ3v) is 4.79. The Kier molecular flexibility index (Phi) is 8.27. The molecule has 1 aliphatic rings. The molecule has 0 atom stereocenters. The van der Waals surface area contributed by atoms with E-state index in [1.807, 2.05) is 12.2 Å². The topological polar surface area (TPSA) is 0 Å². The normalized spacial score (nSPS) is 20.1.